The van der Waals surface area contributed by atoms with E-state index in [1.807, 2.05) is 0 Å². The highest BCUT2D eigenvalue weighted by atomic mass is 16.5. The Morgan fingerprint density at radius 2 is 1.75 bits per heavy atom. The van der Waals surface area contributed by atoms with Crippen LogP contribution in [0.2, 0.25) is 0 Å². The van der Waals surface area contributed by atoms with E-state index < -0.39 is 0 Å². The summed E-state index contributed by atoms with van der Waals surface area (Å²) in [5.41, 5.74) is 0. The van der Waals surface area contributed by atoms with E-state index in [9.17, 15) is 0 Å². The second-order valence-corrected chi connectivity index (χ2v) is 5.57. The lowest BCUT2D eigenvalue weighted by atomic mass is 9.75. The number of hydrogen-bond donors (Lipinski definition) is 0. The van der Waals surface area contributed by atoms with Crippen molar-refractivity contribution in [2.24, 2.45) is 5.92 Å². The molecule has 3 fully saturated rings. The predicted molar refractivity (Wildman–Crippen MR) is 63.1 cm³/mol. The SMILES string of the molecule is C1COC([C]2CCCC(C3CCCO3)C2)C1. The molecule has 2 heteroatoms. The summed E-state index contributed by atoms with van der Waals surface area (Å²) in [6.07, 6.45) is 11.5. The number of rotatable bonds is 2. The average molecular weight is 223 g/mol. The summed E-state index contributed by atoms with van der Waals surface area (Å²) in [5, 5.41) is 0. The zero-order valence-corrected chi connectivity index (χ0v) is 10.1. The van der Waals surface area contributed by atoms with Gasteiger partial charge >= 0.3 is 0 Å². The lowest BCUT2D eigenvalue weighted by molar-refractivity contribution is 0.0382. The number of ether oxygens (including phenoxy) is 2. The molecule has 0 aromatic rings. The Bertz CT molecular complexity index is 195. The summed E-state index contributed by atoms with van der Waals surface area (Å²) < 4.78 is 11.7. The zero-order chi connectivity index (χ0) is 10.8. The highest BCUT2D eigenvalue weighted by Gasteiger charge is 2.35. The van der Waals surface area contributed by atoms with Gasteiger partial charge in [0, 0.05) is 19.1 Å². The fraction of sp³-hybridized carbons (Fsp3) is 0.929. The molecule has 0 N–H and O–H groups in total. The Labute approximate surface area is 98.7 Å². The fourth-order valence-corrected chi connectivity index (χ4v) is 3.62. The maximum atomic E-state index is 5.85. The smallest absolute Gasteiger partial charge is 0.0638 e. The minimum Gasteiger partial charge on any atom is -0.378 e. The summed E-state index contributed by atoms with van der Waals surface area (Å²) in [6.45, 7) is 1.98. The number of hydrogen-bond acceptors (Lipinski definition) is 2. The molecule has 1 saturated carbocycles. The van der Waals surface area contributed by atoms with Crippen LogP contribution < -0.4 is 0 Å². The predicted octanol–water partition coefficient (Wildman–Crippen LogP) is 3.11. The molecule has 0 bridgehead atoms. The zero-order valence-electron chi connectivity index (χ0n) is 10.1. The van der Waals surface area contributed by atoms with E-state index in [0.29, 0.717) is 12.2 Å². The lowest BCUT2D eigenvalue weighted by Gasteiger charge is -2.34. The summed E-state index contributed by atoms with van der Waals surface area (Å²) in [5.74, 6) is 2.50. The molecule has 3 rings (SSSR count). The van der Waals surface area contributed by atoms with E-state index in [2.05, 4.69) is 0 Å². The minimum absolute atomic E-state index is 0.504. The van der Waals surface area contributed by atoms with Gasteiger partial charge in [0.05, 0.1) is 12.2 Å². The van der Waals surface area contributed by atoms with Crippen molar-refractivity contribution in [3.63, 3.8) is 0 Å². The molecule has 1 aliphatic carbocycles. The first-order valence-corrected chi connectivity index (χ1v) is 7.01. The van der Waals surface area contributed by atoms with Gasteiger partial charge in [0.2, 0.25) is 0 Å². The Morgan fingerprint density at radius 3 is 2.50 bits per heavy atom. The van der Waals surface area contributed by atoms with Crippen molar-refractivity contribution >= 4 is 0 Å². The maximum absolute atomic E-state index is 5.85. The van der Waals surface area contributed by atoms with Gasteiger partial charge in [0.15, 0.2) is 0 Å². The quantitative estimate of drug-likeness (QED) is 0.716. The van der Waals surface area contributed by atoms with Gasteiger partial charge in [-0.1, -0.05) is 6.42 Å². The van der Waals surface area contributed by atoms with Gasteiger partial charge in [-0.2, -0.15) is 0 Å². The summed E-state index contributed by atoms with van der Waals surface area (Å²) >= 11 is 0. The summed E-state index contributed by atoms with van der Waals surface area (Å²) in [4.78, 5) is 0. The molecule has 16 heavy (non-hydrogen) atoms. The molecule has 2 heterocycles. The van der Waals surface area contributed by atoms with Crippen molar-refractivity contribution in [1.29, 1.82) is 0 Å². The van der Waals surface area contributed by atoms with Crippen molar-refractivity contribution in [1.82, 2.24) is 0 Å². The van der Waals surface area contributed by atoms with Crippen molar-refractivity contribution in [3.05, 3.63) is 5.92 Å². The molecule has 2 aliphatic heterocycles. The molecule has 0 amide bonds. The van der Waals surface area contributed by atoms with Crippen LogP contribution in [0.4, 0.5) is 0 Å². The van der Waals surface area contributed by atoms with E-state index in [-0.39, 0.29) is 0 Å². The Balaban J connectivity index is 1.56. The van der Waals surface area contributed by atoms with E-state index >= 15 is 0 Å². The van der Waals surface area contributed by atoms with Crippen LogP contribution >= 0.6 is 0 Å². The van der Waals surface area contributed by atoms with E-state index in [1.54, 1.807) is 5.92 Å². The van der Waals surface area contributed by atoms with Crippen molar-refractivity contribution in [2.75, 3.05) is 13.2 Å². The molecule has 3 aliphatic rings. The molecule has 2 saturated heterocycles. The largest absolute Gasteiger partial charge is 0.378 e. The molecule has 2 nitrogen and oxygen atoms in total. The van der Waals surface area contributed by atoms with Gasteiger partial charge in [-0.05, 0) is 50.9 Å². The molecule has 3 atom stereocenters. The van der Waals surface area contributed by atoms with Crippen molar-refractivity contribution in [2.45, 2.75) is 63.6 Å². The molecule has 0 aromatic carbocycles. The minimum atomic E-state index is 0.504. The normalized spacial score (nSPS) is 41.6. The molecule has 1 radical (unpaired) electrons. The van der Waals surface area contributed by atoms with Gasteiger partial charge in [-0.3, -0.25) is 0 Å². The van der Waals surface area contributed by atoms with Gasteiger partial charge in [0.25, 0.3) is 0 Å². The van der Waals surface area contributed by atoms with Crippen LogP contribution in [0, 0.1) is 11.8 Å². The fourth-order valence-electron chi connectivity index (χ4n) is 3.62. The molecule has 0 aromatic heterocycles. The van der Waals surface area contributed by atoms with Crippen LogP contribution in [0.15, 0.2) is 0 Å². The van der Waals surface area contributed by atoms with Gasteiger partial charge < -0.3 is 9.47 Å². The second kappa shape index (κ2) is 5.05. The van der Waals surface area contributed by atoms with Crippen LogP contribution in [-0.4, -0.2) is 25.4 Å². The first-order valence-electron chi connectivity index (χ1n) is 7.01. The monoisotopic (exact) mass is 223 g/mol. The van der Waals surface area contributed by atoms with Gasteiger partial charge in [-0.25, -0.2) is 0 Å². The molecule has 91 valence electrons. The highest BCUT2D eigenvalue weighted by Crippen LogP contribution is 2.40. The van der Waals surface area contributed by atoms with E-state index in [1.165, 1.54) is 51.4 Å². The lowest BCUT2D eigenvalue weighted by Crippen LogP contribution is -2.30. The topological polar surface area (TPSA) is 18.5 Å². The molecule has 3 unspecified atom stereocenters. The average Bonchev–Trinajstić information content (AvgIpc) is 3.03. The maximum Gasteiger partial charge on any atom is 0.0638 e. The van der Waals surface area contributed by atoms with Crippen LogP contribution in [0.1, 0.15) is 51.4 Å². The van der Waals surface area contributed by atoms with Crippen molar-refractivity contribution < 1.29 is 9.47 Å². The van der Waals surface area contributed by atoms with Crippen LogP contribution in [0.3, 0.4) is 0 Å². The Kier molecular flexibility index (Phi) is 3.49. The van der Waals surface area contributed by atoms with Gasteiger partial charge in [-0.15, -0.1) is 0 Å². The highest BCUT2D eigenvalue weighted by molar-refractivity contribution is 5.04. The third-order valence-electron chi connectivity index (χ3n) is 4.47. The second-order valence-electron chi connectivity index (χ2n) is 5.57. The van der Waals surface area contributed by atoms with E-state index in [4.69, 9.17) is 9.47 Å². The van der Waals surface area contributed by atoms with Crippen molar-refractivity contribution in [3.8, 4) is 0 Å². The van der Waals surface area contributed by atoms with Crippen LogP contribution in [0.25, 0.3) is 0 Å². The third-order valence-corrected chi connectivity index (χ3v) is 4.47. The summed E-state index contributed by atoms with van der Waals surface area (Å²) in [6, 6.07) is 0. The van der Waals surface area contributed by atoms with Crippen LogP contribution in [0.5, 0.6) is 0 Å². The summed E-state index contributed by atoms with van der Waals surface area (Å²) in [7, 11) is 0. The third kappa shape index (κ3) is 2.28. The molecule has 0 spiro atoms. The van der Waals surface area contributed by atoms with Crippen LogP contribution in [-0.2, 0) is 9.47 Å². The molecular weight excluding hydrogens is 200 g/mol. The standard InChI is InChI=1S/C14H23O2/c1-4-11(13-6-2-8-15-13)10-12(5-1)14-7-3-9-16-14/h11,13-14H,1-10H2. The van der Waals surface area contributed by atoms with Gasteiger partial charge in [0.1, 0.15) is 0 Å². The first-order chi connectivity index (χ1) is 7.93. The first kappa shape index (κ1) is 11.0. The van der Waals surface area contributed by atoms with E-state index in [0.717, 1.165) is 19.1 Å². The molecular formula is C14H23O2. The Hall–Kier alpha value is -0.0800. The Morgan fingerprint density at radius 1 is 0.875 bits per heavy atom.